The average Bonchev–Trinajstić information content (AvgIpc) is 2.95. The summed E-state index contributed by atoms with van der Waals surface area (Å²) >= 11 is 5.83. The molecule has 0 fully saturated rings. The zero-order chi connectivity index (χ0) is 17.8. The normalized spacial score (nSPS) is 15.0. The quantitative estimate of drug-likeness (QED) is 0.656. The molecule has 0 radical (unpaired) electrons. The highest BCUT2D eigenvalue weighted by Gasteiger charge is 2.24. The van der Waals surface area contributed by atoms with Crippen molar-refractivity contribution in [2.24, 2.45) is 4.99 Å². The molecule has 0 amide bonds. The van der Waals surface area contributed by atoms with Crippen molar-refractivity contribution in [3.05, 3.63) is 70.4 Å². The highest BCUT2D eigenvalue weighted by molar-refractivity contribution is 6.30. The number of aliphatic imine (C=N–C) groups is 1. The van der Waals surface area contributed by atoms with Gasteiger partial charge in [0.15, 0.2) is 12.3 Å². The summed E-state index contributed by atoms with van der Waals surface area (Å²) in [7, 11) is 0. The molecule has 3 rings (SSSR count). The smallest absolute Gasteiger partial charge is 0.363 e. The van der Waals surface area contributed by atoms with Crippen LogP contribution in [0.4, 0.5) is 0 Å². The maximum Gasteiger partial charge on any atom is 0.363 e. The van der Waals surface area contributed by atoms with Gasteiger partial charge in [0.05, 0.1) is 0 Å². The van der Waals surface area contributed by atoms with Crippen LogP contribution in [0.3, 0.4) is 0 Å². The fraction of sp³-hybridized carbons (Fsp3) is 0.0556. The van der Waals surface area contributed by atoms with Crippen molar-refractivity contribution in [3.8, 4) is 5.75 Å². The molecule has 0 atom stereocenters. The fourth-order valence-electron chi connectivity index (χ4n) is 2.09. The molecule has 1 aliphatic heterocycles. The molecule has 25 heavy (non-hydrogen) atoms. The number of carbonyl (C=O) groups excluding carboxylic acids is 1. The number of carbonyl (C=O) groups is 2. The minimum absolute atomic E-state index is 0.171. The van der Waals surface area contributed by atoms with Crippen LogP contribution in [-0.2, 0) is 14.3 Å². The van der Waals surface area contributed by atoms with Gasteiger partial charge in [-0.3, -0.25) is 0 Å². The lowest BCUT2D eigenvalue weighted by atomic mass is 10.2. The van der Waals surface area contributed by atoms with Gasteiger partial charge >= 0.3 is 11.9 Å². The topological polar surface area (TPSA) is 85.2 Å². The van der Waals surface area contributed by atoms with Crippen molar-refractivity contribution < 1.29 is 24.2 Å². The largest absolute Gasteiger partial charge is 0.482 e. The second-order valence-electron chi connectivity index (χ2n) is 5.09. The van der Waals surface area contributed by atoms with E-state index in [0.717, 1.165) is 0 Å². The van der Waals surface area contributed by atoms with Crippen LogP contribution < -0.4 is 4.74 Å². The van der Waals surface area contributed by atoms with Crippen LogP contribution in [0.25, 0.3) is 6.08 Å². The second-order valence-corrected chi connectivity index (χ2v) is 5.53. The lowest BCUT2D eigenvalue weighted by Gasteiger charge is -2.02. The summed E-state index contributed by atoms with van der Waals surface area (Å²) in [5, 5.41) is 9.15. The SMILES string of the molecule is O=C(O)COc1ccc(C=C2N=C(c3ccc(Cl)cc3)OC2=O)cc1. The lowest BCUT2D eigenvalue weighted by molar-refractivity contribution is -0.139. The van der Waals surface area contributed by atoms with E-state index in [0.29, 0.717) is 21.9 Å². The Morgan fingerprint density at radius 1 is 1.16 bits per heavy atom. The summed E-state index contributed by atoms with van der Waals surface area (Å²) in [6, 6.07) is 13.4. The zero-order valence-electron chi connectivity index (χ0n) is 12.8. The molecule has 0 unspecified atom stereocenters. The highest BCUT2D eigenvalue weighted by Crippen LogP contribution is 2.21. The van der Waals surface area contributed by atoms with Gasteiger partial charge in [0, 0.05) is 10.6 Å². The number of rotatable bonds is 5. The van der Waals surface area contributed by atoms with Crippen LogP contribution >= 0.6 is 11.6 Å². The first kappa shape index (κ1) is 16.7. The molecule has 0 bridgehead atoms. The number of hydrogen-bond donors (Lipinski definition) is 1. The first-order valence-corrected chi connectivity index (χ1v) is 7.62. The van der Waals surface area contributed by atoms with Gasteiger partial charge in [0.25, 0.3) is 0 Å². The molecule has 2 aromatic carbocycles. The summed E-state index contributed by atoms with van der Waals surface area (Å²) < 4.78 is 10.2. The number of carboxylic acids is 1. The van der Waals surface area contributed by atoms with Gasteiger partial charge in [0.1, 0.15) is 5.75 Å². The van der Waals surface area contributed by atoms with Crippen LogP contribution in [0.15, 0.2) is 59.2 Å². The molecule has 6 nitrogen and oxygen atoms in total. The summed E-state index contributed by atoms with van der Waals surface area (Å²) in [6.07, 6.45) is 1.58. The summed E-state index contributed by atoms with van der Waals surface area (Å²) in [4.78, 5) is 26.6. The molecule has 0 spiro atoms. The van der Waals surface area contributed by atoms with Gasteiger partial charge in [-0.1, -0.05) is 23.7 Å². The van der Waals surface area contributed by atoms with Crippen LogP contribution in [0.5, 0.6) is 5.75 Å². The number of cyclic esters (lactones) is 1. The van der Waals surface area contributed by atoms with E-state index >= 15 is 0 Å². The van der Waals surface area contributed by atoms with Crippen molar-refractivity contribution in [2.75, 3.05) is 6.61 Å². The van der Waals surface area contributed by atoms with Crippen LogP contribution in [-0.4, -0.2) is 29.5 Å². The predicted octanol–water partition coefficient (Wildman–Crippen LogP) is 3.15. The molecule has 0 aliphatic carbocycles. The van der Waals surface area contributed by atoms with Gasteiger partial charge < -0.3 is 14.6 Å². The molecule has 0 saturated carbocycles. The number of esters is 1. The number of carboxylic acid groups (broad SMARTS) is 1. The molecule has 7 heteroatoms. The first-order valence-electron chi connectivity index (χ1n) is 7.24. The second kappa shape index (κ2) is 7.19. The third-order valence-corrected chi connectivity index (χ3v) is 3.51. The van der Waals surface area contributed by atoms with E-state index < -0.39 is 18.5 Å². The monoisotopic (exact) mass is 357 g/mol. The van der Waals surface area contributed by atoms with Crippen LogP contribution in [0.1, 0.15) is 11.1 Å². The van der Waals surface area contributed by atoms with E-state index in [1.54, 1.807) is 54.6 Å². The van der Waals surface area contributed by atoms with Crippen molar-refractivity contribution in [2.45, 2.75) is 0 Å². The van der Waals surface area contributed by atoms with Crippen molar-refractivity contribution in [1.82, 2.24) is 0 Å². The molecule has 2 aromatic rings. The van der Waals surface area contributed by atoms with E-state index in [4.69, 9.17) is 26.2 Å². The molecule has 0 saturated heterocycles. The van der Waals surface area contributed by atoms with E-state index in [9.17, 15) is 9.59 Å². The maximum absolute atomic E-state index is 12.0. The summed E-state index contributed by atoms with van der Waals surface area (Å²) in [5.74, 6) is -0.960. The Morgan fingerprint density at radius 2 is 1.84 bits per heavy atom. The molecule has 1 aliphatic rings. The van der Waals surface area contributed by atoms with Crippen molar-refractivity contribution >= 4 is 35.5 Å². The van der Waals surface area contributed by atoms with Gasteiger partial charge in [-0.05, 0) is 48.0 Å². The standard InChI is InChI=1S/C18H12ClNO5/c19-13-5-3-12(4-6-13)17-20-15(18(23)25-17)9-11-1-7-14(8-2-11)24-10-16(21)22/h1-9H,10H2,(H,21,22). The van der Waals surface area contributed by atoms with Crippen molar-refractivity contribution in [3.63, 3.8) is 0 Å². The Hall–Kier alpha value is -3.12. The summed E-state index contributed by atoms with van der Waals surface area (Å²) in [5.41, 5.74) is 1.53. The molecule has 1 heterocycles. The Kier molecular flexibility index (Phi) is 4.81. The Labute approximate surface area is 148 Å². The molecular formula is C18H12ClNO5. The third-order valence-electron chi connectivity index (χ3n) is 3.26. The molecule has 1 N–H and O–H groups in total. The van der Waals surface area contributed by atoms with E-state index in [-0.39, 0.29) is 11.6 Å². The minimum Gasteiger partial charge on any atom is -0.482 e. The van der Waals surface area contributed by atoms with Crippen molar-refractivity contribution in [1.29, 1.82) is 0 Å². The highest BCUT2D eigenvalue weighted by atomic mass is 35.5. The maximum atomic E-state index is 12.0. The third kappa shape index (κ3) is 4.24. The summed E-state index contributed by atoms with van der Waals surface area (Å²) in [6.45, 7) is -0.415. The van der Waals surface area contributed by atoms with Gasteiger partial charge in [0.2, 0.25) is 5.90 Å². The number of halogens is 1. The number of nitrogens with zero attached hydrogens (tertiary/aromatic N) is 1. The van der Waals surface area contributed by atoms with Crippen LogP contribution in [0, 0.1) is 0 Å². The molecule has 126 valence electrons. The zero-order valence-corrected chi connectivity index (χ0v) is 13.6. The first-order chi connectivity index (χ1) is 12.0. The number of benzene rings is 2. The minimum atomic E-state index is -1.05. The Balaban J connectivity index is 1.77. The van der Waals surface area contributed by atoms with Crippen LogP contribution in [0.2, 0.25) is 5.02 Å². The number of aliphatic carboxylic acids is 1. The molecule has 0 aromatic heterocycles. The average molecular weight is 358 g/mol. The Bertz CT molecular complexity index is 869. The van der Waals surface area contributed by atoms with E-state index in [1.807, 2.05) is 0 Å². The van der Waals surface area contributed by atoms with Gasteiger partial charge in [-0.25, -0.2) is 14.6 Å². The van der Waals surface area contributed by atoms with Gasteiger partial charge in [-0.2, -0.15) is 0 Å². The van der Waals surface area contributed by atoms with E-state index in [2.05, 4.69) is 4.99 Å². The Morgan fingerprint density at radius 3 is 2.48 bits per heavy atom. The molecular weight excluding hydrogens is 346 g/mol. The number of hydrogen-bond acceptors (Lipinski definition) is 5. The predicted molar refractivity (Wildman–Crippen MR) is 91.6 cm³/mol. The fourth-order valence-corrected chi connectivity index (χ4v) is 2.21. The van der Waals surface area contributed by atoms with Gasteiger partial charge in [-0.15, -0.1) is 0 Å². The lowest BCUT2D eigenvalue weighted by Crippen LogP contribution is -2.09. The number of ether oxygens (including phenoxy) is 2. The van der Waals surface area contributed by atoms with E-state index in [1.165, 1.54) is 0 Å².